The van der Waals surface area contributed by atoms with E-state index in [4.69, 9.17) is 21.7 Å². The van der Waals surface area contributed by atoms with Crippen LogP contribution in [0.15, 0.2) is 46.2 Å². The zero-order chi connectivity index (χ0) is 24.1. The van der Waals surface area contributed by atoms with Gasteiger partial charge >= 0.3 is 10.6 Å². The summed E-state index contributed by atoms with van der Waals surface area (Å²) in [7, 11) is -12.0. The maximum absolute atomic E-state index is 11.2. The minimum absolute atomic E-state index is 0.0233. The minimum atomic E-state index is -4.47. The van der Waals surface area contributed by atoms with Crippen LogP contribution in [0.3, 0.4) is 0 Å². The molecule has 0 heterocycles. The first kappa shape index (κ1) is 29.1. The van der Waals surface area contributed by atoms with Gasteiger partial charge < -0.3 is 0 Å². The Morgan fingerprint density at radius 2 is 0.935 bits per heavy atom. The van der Waals surface area contributed by atoms with Crippen molar-refractivity contribution in [3.05, 3.63) is 36.4 Å². The van der Waals surface area contributed by atoms with Crippen LogP contribution < -0.4 is 0 Å². The monoisotopic (exact) mass is 496 g/mol. The van der Waals surface area contributed by atoms with E-state index in [2.05, 4.69) is 13.8 Å². The molecular weight excluding hydrogens is 468 g/mol. The van der Waals surface area contributed by atoms with E-state index in [-0.39, 0.29) is 10.8 Å². The first-order valence-corrected chi connectivity index (χ1v) is 13.5. The summed E-state index contributed by atoms with van der Waals surface area (Å²) < 4.78 is 88.0. The third kappa shape index (κ3) is 11.9. The van der Waals surface area contributed by atoms with Crippen molar-refractivity contribution in [2.45, 2.75) is 68.6 Å². The second-order valence-electron chi connectivity index (χ2n) is 6.53. The van der Waals surface area contributed by atoms with Gasteiger partial charge in [0, 0.05) is 10.8 Å². The summed E-state index contributed by atoms with van der Waals surface area (Å²) in [5.41, 5.74) is 0. The summed E-state index contributed by atoms with van der Waals surface area (Å²) in [6.45, 7) is 4.53. The van der Waals surface area contributed by atoms with Gasteiger partial charge in [-0.2, -0.15) is 16.8 Å². The molecule has 0 aliphatic rings. The summed E-state index contributed by atoms with van der Waals surface area (Å²) in [5, 5.41) is 0.0465. The van der Waals surface area contributed by atoms with E-state index in [0.29, 0.717) is 0 Å². The smallest absolute Gasteiger partial charge is 0.282 e. The Morgan fingerprint density at radius 3 is 1.19 bits per heavy atom. The topological polar surface area (TPSA) is 160 Å². The SMILES string of the molecule is CCCCCCCCC.O=S(=O)(O)c1cccc2c(S(=O)(=O)O)cccc12.O=S(=O)=O. The van der Waals surface area contributed by atoms with E-state index in [1.165, 1.54) is 69.2 Å². The highest BCUT2D eigenvalue weighted by Gasteiger charge is 2.18. The number of benzene rings is 2. The van der Waals surface area contributed by atoms with Gasteiger partial charge in [-0.3, -0.25) is 9.11 Å². The van der Waals surface area contributed by atoms with E-state index < -0.39 is 40.6 Å². The van der Waals surface area contributed by atoms with Gasteiger partial charge in [0.25, 0.3) is 20.2 Å². The van der Waals surface area contributed by atoms with E-state index >= 15 is 0 Å². The molecule has 0 aliphatic carbocycles. The third-order valence-electron chi connectivity index (χ3n) is 4.10. The minimum Gasteiger partial charge on any atom is -0.282 e. The zero-order valence-corrected chi connectivity index (χ0v) is 19.8. The molecule has 2 N–H and O–H groups in total. The Labute approximate surface area is 185 Å². The number of unbranched alkanes of at least 4 members (excludes halogenated alkanes) is 6. The van der Waals surface area contributed by atoms with Crippen molar-refractivity contribution in [1.82, 2.24) is 0 Å². The van der Waals surface area contributed by atoms with Crippen molar-refractivity contribution in [2.75, 3.05) is 0 Å². The Morgan fingerprint density at radius 1 is 0.645 bits per heavy atom. The molecule has 0 unspecified atom stereocenters. The molecule has 31 heavy (non-hydrogen) atoms. The standard InChI is InChI=1S/C10H8O6S2.C9H20.O3S/c11-17(12,13)9-5-1-3-7-8(9)4-2-6-10(7)18(14,15)16;1-3-5-7-9-8-6-4-2;1-4(2)3/h1-6H,(H,11,12,13)(H,14,15,16);3-9H2,1-2H3;. The zero-order valence-electron chi connectivity index (χ0n) is 17.4. The second-order valence-corrected chi connectivity index (χ2v) is 9.72. The third-order valence-corrected chi connectivity index (χ3v) is 5.93. The summed E-state index contributed by atoms with van der Waals surface area (Å²) in [4.78, 5) is -0.823. The highest BCUT2D eigenvalue weighted by atomic mass is 32.2. The molecule has 0 atom stereocenters. The molecule has 176 valence electrons. The normalized spacial score (nSPS) is 11.1. The molecule has 0 aliphatic heterocycles. The van der Waals surface area contributed by atoms with Crippen LogP contribution >= 0.6 is 0 Å². The average Bonchev–Trinajstić information content (AvgIpc) is 2.65. The fraction of sp³-hybridized carbons (Fsp3) is 0.474. The molecule has 0 fully saturated rings. The van der Waals surface area contributed by atoms with Gasteiger partial charge in [-0.25, -0.2) is 0 Å². The summed E-state index contributed by atoms with van der Waals surface area (Å²) in [5.74, 6) is 0. The Hall–Kier alpha value is -1.86. The van der Waals surface area contributed by atoms with Crippen LogP contribution in [-0.2, 0) is 30.8 Å². The predicted molar refractivity (Wildman–Crippen MR) is 117 cm³/mol. The fourth-order valence-electron chi connectivity index (χ4n) is 2.73. The summed E-state index contributed by atoms with van der Waals surface area (Å²) in [6.07, 6.45) is 9.97. The van der Waals surface area contributed by atoms with Crippen LogP contribution in [0.5, 0.6) is 0 Å². The quantitative estimate of drug-likeness (QED) is 0.405. The molecule has 0 bridgehead atoms. The summed E-state index contributed by atoms with van der Waals surface area (Å²) >= 11 is 0. The van der Waals surface area contributed by atoms with Gasteiger partial charge in [0.05, 0.1) is 0 Å². The molecule has 0 saturated heterocycles. The number of hydrogen-bond donors (Lipinski definition) is 2. The van der Waals surface area contributed by atoms with Crippen LogP contribution in [0.2, 0.25) is 0 Å². The second kappa shape index (κ2) is 14.2. The van der Waals surface area contributed by atoms with E-state index in [1.54, 1.807) is 0 Å². The van der Waals surface area contributed by atoms with Crippen molar-refractivity contribution < 1.29 is 38.6 Å². The molecule has 0 saturated carbocycles. The van der Waals surface area contributed by atoms with Gasteiger partial charge in [-0.05, 0) is 12.1 Å². The van der Waals surface area contributed by atoms with E-state index in [1.807, 2.05) is 0 Å². The Bertz CT molecular complexity index is 1050. The van der Waals surface area contributed by atoms with Crippen molar-refractivity contribution in [2.24, 2.45) is 0 Å². The van der Waals surface area contributed by atoms with E-state index in [9.17, 15) is 16.8 Å². The maximum Gasteiger partial charge on any atom is 0.425 e. The van der Waals surface area contributed by atoms with Crippen molar-refractivity contribution in [3.8, 4) is 0 Å². The van der Waals surface area contributed by atoms with Crippen LogP contribution in [0.1, 0.15) is 58.8 Å². The van der Waals surface area contributed by atoms with Crippen LogP contribution in [0, 0.1) is 0 Å². The number of rotatable bonds is 8. The highest BCUT2D eigenvalue weighted by molar-refractivity contribution is 7.86. The molecule has 2 aromatic carbocycles. The van der Waals surface area contributed by atoms with Gasteiger partial charge in [0.15, 0.2) is 0 Å². The first-order valence-electron chi connectivity index (χ1n) is 9.59. The van der Waals surface area contributed by atoms with E-state index in [0.717, 1.165) is 12.1 Å². The number of hydrogen-bond acceptors (Lipinski definition) is 7. The molecule has 0 amide bonds. The van der Waals surface area contributed by atoms with Gasteiger partial charge in [-0.1, -0.05) is 83.1 Å². The van der Waals surface area contributed by atoms with Crippen LogP contribution in [0.4, 0.5) is 0 Å². The molecule has 0 spiro atoms. The first-order chi connectivity index (χ1) is 14.4. The molecular formula is C19H28O9S3. The lowest BCUT2D eigenvalue weighted by Gasteiger charge is -2.06. The van der Waals surface area contributed by atoms with Crippen LogP contribution in [-0.4, -0.2) is 38.6 Å². The lowest BCUT2D eigenvalue weighted by molar-refractivity contribution is 0.481. The molecule has 0 aromatic heterocycles. The molecule has 9 nitrogen and oxygen atoms in total. The average molecular weight is 497 g/mol. The van der Waals surface area contributed by atoms with Crippen molar-refractivity contribution >= 4 is 41.6 Å². The predicted octanol–water partition coefficient (Wildman–Crippen LogP) is 4.09. The highest BCUT2D eigenvalue weighted by Crippen LogP contribution is 2.27. The van der Waals surface area contributed by atoms with Crippen molar-refractivity contribution in [1.29, 1.82) is 0 Å². The van der Waals surface area contributed by atoms with Gasteiger partial charge in [-0.15, -0.1) is 12.6 Å². The fourth-order valence-corrected chi connectivity index (χ4v) is 4.15. The molecule has 0 radical (unpaired) electrons. The Kier molecular flexibility index (Phi) is 13.4. The lowest BCUT2D eigenvalue weighted by atomic mass is 10.1. The maximum atomic E-state index is 11.2. The molecule has 2 aromatic rings. The molecule has 12 heteroatoms. The van der Waals surface area contributed by atoms with Crippen molar-refractivity contribution in [3.63, 3.8) is 0 Å². The largest absolute Gasteiger partial charge is 0.425 e. The summed E-state index contributed by atoms with van der Waals surface area (Å²) in [6, 6.07) is 7.53. The number of fused-ring (bicyclic) bond motifs is 1. The molecule has 2 rings (SSSR count). The van der Waals surface area contributed by atoms with Gasteiger partial charge in [0.2, 0.25) is 0 Å². The lowest BCUT2D eigenvalue weighted by Crippen LogP contribution is -2.02. The van der Waals surface area contributed by atoms with Gasteiger partial charge in [0.1, 0.15) is 9.79 Å². The van der Waals surface area contributed by atoms with Crippen LogP contribution in [0.25, 0.3) is 10.8 Å². The Balaban J connectivity index is 0.000000581.